The van der Waals surface area contributed by atoms with Crippen LogP contribution >= 0.6 is 0 Å². The van der Waals surface area contributed by atoms with E-state index in [4.69, 9.17) is 5.73 Å². The van der Waals surface area contributed by atoms with Gasteiger partial charge < -0.3 is 10.6 Å². The molecule has 0 radical (unpaired) electrons. The van der Waals surface area contributed by atoms with E-state index in [-0.39, 0.29) is 29.7 Å². The van der Waals surface area contributed by atoms with Crippen molar-refractivity contribution in [3.8, 4) is 0 Å². The fourth-order valence-corrected chi connectivity index (χ4v) is 4.31. The second kappa shape index (κ2) is 5.49. The van der Waals surface area contributed by atoms with Crippen LogP contribution in [0.1, 0.15) is 17.5 Å². The van der Waals surface area contributed by atoms with Crippen molar-refractivity contribution in [3.05, 3.63) is 29.3 Å². The van der Waals surface area contributed by atoms with E-state index < -0.39 is 21.6 Å². The summed E-state index contributed by atoms with van der Waals surface area (Å²) >= 11 is 0. The number of alkyl halides is 3. The summed E-state index contributed by atoms with van der Waals surface area (Å²) in [5.74, 6) is 0.148. The molecular formula is C13H17F3N2O2S. The number of anilines is 1. The predicted molar refractivity (Wildman–Crippen MR) is 74.8 cm³/mol. The Bertz CT molecular complexity index is 629. The number of nitrogens with zero attached hydrogens (tertiary/aromatic N) is 1. The smallest absolute Gasteiger partial charge is 0.371 e. The lowest BCUT2D eigenvalue weighted by atomic mass is 10.0. The van der Waals surface area contributed by atoms with Crippen LogP contribution in [0.5, 0.6) is 0 Å². The molecule has 1 fully saturated rings. The Balaban J connectivity index is 2.29. The quantitative estimate of drug-likeness (QED) is 0.921. The van der Waals surface area contributed by atoms with Gasteiger partial charge in [-0.15, -0.1) is 0 Å². The third-order valence-electron chi connectivity index (χ3n) is 3.78. The molecule has 0 bridgehead atoms. The van der Waals surface area contributed by atoms with Gasteiger partial charge in [-0.2, -0.15) is 13.2 Å². The van der Waals surface area contributed by atoms with Crippen LogP contribution < -0.4 is 10.6 Å². The van der Waals surface area contributed by atoms with E-state index in [1.165, 1.54) is 12.1 Å². The molecular weight excluding hydrogens is 305 g/mol. The standard InChI is InChI=1S/C13H17F3N2O2S/c1-18(11-4-5-21(19,20)8-11)10-2-3-12(13(14,15)16)9(6-10)7-17/h2-3,6,11H,4-5,7-8,17H2,1H3. The van der Waals surface area contributed by atoms with Gasteiger partial charge in [-0.05, 0) is 30.2 Å². The highest BCUT2D eigenvalue weighted by atomic mass is 32.2. The van der Waals surface area contributed by atoms with Gasteiger partial charge in [0.05, 0.1) is 17.1 Å². The maximum absolute atomic E-state index is 12.8. The largest absolute Gasteiger partial charge is 0.416 e. The normalized spacial score (nSPS) is 21.5. The monoisotopic (exact) mass is 322 g/mol. The Morgan fingerprint density at radius 2 is 2.05 bits per heavy atom. The van der Waals surface area contributed by atoms with Gasteiger partial charge in [0.1, 0.15) is 0 Å². The summed E-state index contributed by atoms with van der Waals surface area (Å²) in [6.07, 6.45) is -3.96. The van der Waals surface area contributed by atoms with E-state index in [0.717, 1.165) is 6.07 Å². The van der Waals surface area contributed by atoms with Crippen LogP contribution in [-0.4, -0.2) is 33.0 Å². The molecule has 4 nitrogen and oxygen atoms in total. The van der Waals surface area contributed by atoms with Gasteiger partial charge in [-0.3, -0.25) is 0 Å². The van der Waals surface area contributed by atoms with Crippen LogP contribution in [0.2, 0.25) is 0 Å². The summed E-state index contributed by atoms with van der Waals surface area (Å²) in [6.45, 7) is -0.223. The minimum absolute atomic E-state index is 0.00713. The highest BCUT2D eigenvalue weighted by Crippen LogP contribution is 2.34. The lowest BCUT2D eigenvalue weighted by Crippen LogP contribution is -2.32. The Hall–Kier alpha value is -1.28. The minimum Gasteiger partial charge on any atom is -0.371 e. The first kappa shape index (κ1) is 16.1. The summed E-state index contributed by atoms with van der Waals surface area (Å²) in [6, 6.07) is 3.52. The maximum Gasteiger partial charge on any atom is 0.416 e. The summed E-state index contributed by atoms with van der Waals surface area (Å²) in [7, 11) is -1.35. The first-order valence-corrected chi connectivity index (χ1v) is 8.29. The van der Waals surface area contributed by atoms with Gasteiger partial charge in [0.2, 0.25) is 0 Å². The molecule has 1 aromatic rings. The third-order valence-corrected chi connectivity index (χ3v) is 5.53. The van der Waals surface area contributed by atoms with E-state index in [1.807, 2.05) is 0 Å². The SMILES string of the molecule is CN(c1ccc(C(F)(F)F)c(CN)c1)C1CCS(=O)(=O)C1. The molecule has 1 aliphatic rings. The molecule has 1 aliphatic heterocycles. The summed E-state index contributed by atoms with van der Waals surface area (Å²) in [5, 5.41) is 0. The van der Waals surface area contributed by atoms with Crippen LogP contribution in [0.25, 0.3) is 0 Å². The maximum atomic E-state index is 12.8. The highest BCUT2D eigenvalue weighted by molar-refractivity contribution is 7.91. The van der Waals surface area contributed by atoms with Crippen molar-refractivity contribution in [2.24, 2.45) is 5.73 Å². The zero-order chi connectivity index (χ0) is 15.8. The molecule has 0 saturated carbocycles. The van der Waals surface area contributed by atoms with Crippen molar-refractivity contribution in [1.82, 2.24) is 0 Å². The van der Waals surface area contributed by atoms with Crippen molar-refractivity contribution >= 4 is 15.5 Å². The second-order valence-electron chi connectivity index (χ2n) is 5.21. The van der Waals surface area contributed by atoms with Gasteiger partial charge in [-0.25, -0.2) is 8.42 Å². The Kier molecular flexibility index (Phi) is 4.21. The first-order valence-electron chi connectivity index (χ1n) is 6.47. The van der Waals surface area contributed by atoms with E-state index in [2.05, 4.69) is 0 Å². The zero-order valence-corrected chi connectivity index (χ0v) is 12.3. The van der Waals surface area contributed by atoms with Crippen LogP contribution in [0.3, 0.4) is 0 Å². The van der Waals surface area contributed by atoms with Gasteiger partial charge in [0, 0.05) is 25.3 Å². The van der Waals surface area contributed by atoms with Crippen molar-refractivity contribution in [2.45, 2.75) is 25.2 Å². The van der Waals surface area contributed by atoms with Gasteiger partial charge in [-0.1, -0.05) is 0 Å². The van der Waals surface area contributed by atoms with Crippen LogP contribution in [0.4, 0.5) is 18.9 Å². The molecule has 8 heteroatoms. The second-order valence-corrected chi connectivity index (χ2v) is 7.44. The van der Waals surface area contributed by atoms with Crippen LogP contribution in [-0.2, 0) is 22.6 Å². The number of hydrogen-bond acceptors (Lipinski definition) is 4. The van der Waals surface area contributed by atoms with Crippen molar-refractivity contribution in [1.29, 1.82) is 0 Å². The van der Waals surface area contributed by atoms with Crippen molar-refractivity contribution in [3.63, 3.8) is 0 Å². The lowest BCUT2D eigenvalue weighted by molar-refractivity contribution is -0.138. The topological polar surface area (TPSA) is 63.4 Å². The fourth-order valence-electron chi connectivity index (χ4n) is 2.54. The zero-order valence-electron chi connectivity index (χ0n) is 11.5. The summed E-state index contributed by atoms with van der Waals surface area (Å²) in [4.78, 5) is 1.71. The average Bonchev–Trinajstić information content (AvgIpc) is 2.76. The molecule has 1 unspecified atom stereocenters. The van der Waals surface area contributed by atoms with E-state index >= 15 is 0 Å². The van der Waals surface area contributed by atoms with Crippen LogP contribution in [0, 0.1) is 0 Å². The molecule has 2 rings (SSSR count). The van der Waals surface area contributed by atoms with Crippen molar-refractivity contribution < 1.29 is 21.6 Å². The number of nitrogens with two attached hydrogens (primary N) is 1. The third kappa shape index (κ3) is 3.49. The molecule has 0 amide bonds. The molecule has 21 heavy (non-hydrogen) atoms. The van der Waals surface area contributed by atoms with Gasteiger partial charge >= 0.3 is 6.18 Å². The first-order chi connectivity index (χ1) is 9.64. The van der Waals surface area contributed by atoms with Crippen molar-refractivity contribution in [2.75, 3.05) is 23.5 Å². The predicted octanol–water partition coefficient (Wildman–Crippen LogP) is 1.79. The van der Waals surface area contributed by atoms with Gasteiger partial charge in [0.25, 0.3) is 0 Å². The number of rotatable bonds is 3. The molecule has 118 valence electrons. The number of halogens is 3. The number of benzene rings is 1. The fraction of sp³-hybridized carbons (Fsp3) is 0.538. The minimum atomic E-state index is -4.44. The molecule has 1 aromatic carbocycles. The molecule has 1 saturated heterocycles. The Morgan fingerprint density at radius 1 is 1.38 bits per heavy atom. The number of sulfone groups is 1. The van der Waals surface area contributed by atoms with E-state index in [9.17, 15) is 21.6 Å². The highest BCUT2D eigenvalue weighted by Gasteiger charge is 2.34. The molecule has 0 aromatic heterocycles. The molecule has 2 N–H and O–H groups in total. The van der Waals surface area contributed by atoms with E-state index in [0.29, 0.717) is 12.1 Å². The molecule has 0 aliphatic carbocycles. The van der Waals surface area contributed by atoms with Gasteiger partial charge in [0.15, 0.2) is 9.84 Å². The van der Waals surface area contributed by atoms with Crippen LogP contribution in [0.15, 0.2) is 18.2 Å². The summed E-state index contributed by atoms with van der Waals surface area (Å²) in [5.41, 5.74) is 5.20. The number of hydrogen-bond donors (Lipinski definition) is 1. The average molecular weight is 322 g/mol. The molecule has 0 spiro atoms. The summed E-state index contributed by atoms with van der Waals surface area (Å²) < 4.78 is 61.4. The van der Waals surface area contributed by atoms with E-state index in [1.54, 1.807) is 11.9 Å². The Labute approximate surface area is 121 Å². The lowest BCUT2D eigenvalue weighted by Gasteiger charge is -2.27. The molecule has 1 atom stereocenters. The molecule has 1 heterocycles. The Morgan fingerprint density at radius 3 is 2.52 bits per heavy atom.